The normalized spacial score (nSPS) is 19.0. The van der Waals surface area contributed by atoms with Gasteiger partial charge in [0.05, 0.1) is 6.04 Å². The van der Waals surface area contributed by atoms with Gasteiger partial charge in [0.15, 0.2) is 11.5 Å². The Morgan fingerprint density at radius 2 is 1.80 bits per heavy atom. The number of anilines is 1. The maximum absolute atomic E-state index is 12.4. The van der Waals surface area contributed by atoms with Crippen LogP contribution in [0.3, 0.4) is 0 Å². The van der Waals surface area contributed by atoms with Gasteiger partial charge in [-0.1, -0.05) is 18.2 Å². The number of nitrogens with one attached hydrogen (secondary N) is 1. The van der Waals surface area contributed by atoms with E-state index >= 15 is 0 Å². The van der Waals surface area contributed by atoms with Crippen LogP contribution in [0.4, 0.5) is 5.69 Å². The lowest BCUT2D eigenvalue weighted by molar-refractivity contribution is -0.117. The van der Waals surface area contributed by atoms with Crippen LogP contribution in [-0.2, 0) is 4.79 Å². The van der Waals surface area contributed by atoms with Gasteiger partial charge in [0.25, 0.3) is 5.91 Å². The van der Waals surface area contributed by atoms with E-state index in [9.17, 15) is 9.59 Å². The van der Waals surface area contributed by atoms with E-state index in [0.29, 0.717) is 36.8 Å². The number of nitrogens with zero attached hydrogens (tertiary/aromatic N) is 1. The van der Waals surface area contributed by atoms with Crippen LogP contribution < -0.4 is 19.7 Å². The third kappa shape index (κ3) is 3.15. The standard InChI is InChI=1S/C19H18N2O4/c22-18-10-14(20-19(23)13-4-2-1-3-5-13)12-21(18)15-6-7-16-17(11-15)25-9-8-24-16/h1-7,11,14H,8-10,12H2,(H,20,23). The van der Waals surface area contributed by atoms with Gasteiger partial charge in [0.2, 0.25) is 5.91 Å². The maximum atomic E-state index is 12.4. The Kier molecular flexibility index (Phi) is 4.01. The number of carbonyl (C=O) groups is 2. The minimum absolute atomic E-state index is 0.0185. The average Bonchev–Trinajstić information content (AvgIpc) is 3.02. The summed E-state index contributed by atoms with van der Waals surface area (Å²) in [6.07, 6.45) is 0.285. The predicted molar refractivity (Wildman–Crippen MR) is 92.1 cm³/mol. The highest BCUT2D eigenvalue weighted by molar-refractivity contribution is 5.99. The van der Waals surface area contributed by atoms with E-state index in [4.69, 9.17) is 9.47 Å². The highest BCUT2D eigenvalue weighted by Gasteiger charge is 2.32. The van der Waals surface area contributed by atoms with E-state index in [1.807, 2.05) is 36.4 Å². The maximum Gasteiger partial charge on any atom is 0.251 e. The van der Waals surface area contributed by atoms with E-state index in [1.54, 1.807) is 17.0 Å². The first-order valence-corrected chi connectivity index (χ1v) is 8.26. The molecule has 2 aromatic rings. The van der Waals surface area contributed by atoms with Crippen molar-refractivity contribution in [3.8, 4) is 11.5 Å². The molecular weight excluding hydrogens is 320 g/mol. The average molecular weight is 338 g/mol. The molecule has 2 heterocycles. The highest BCUT2D eigenvalue weighted by atomic mass is 16.6. The van der Waals surface area contributed by atoms with Crippen LogP contribution in [0.1, 0.15) is 16.8 Å². The quantitative estimate of drug-likeness (QED) is 0.929. The number of hydrogen-bond donors (Lipinski definition) is 1. The van der Waals surface area contributed by atoms with Crippen molar-refractivity contribution in [2.45, 2.75) is 12.5 Å². The third-order valence-electron chi connectivity index (χ3n) is 4.33. The molecule has 0 aromatic heterocycles. The highest BCUT2D eigenvalue weighted by Crippen LogP contribution is 2.35. The van der Waals surface area contributed by atoms with E-state index in [-0.39, 0.29) is 24.3 Å². The van der Waals surface area contributed by atoms with Gasteiger partial charge in [-0.05, 0) is 24.3 Å². The van der Waals surface area contributed by atoms with Crippen LogP contribution in [0.15, 0.2) is 48.5 Å². The first-order chi connectivity index (χ1) is 12.2. The van der Waals surface area contributed by atoms with Crippen LogP contribution in [0.2, 0.25) is 0 Å². The third-order valence-corrected chi connectivity index (χ3v) is 4.33. The Balaban J connectivity index is 1.46. The SMILES string of the molecule is O=C(NC1CC(=O)N(c2ccc3c(c2)OCCO3)C1)c1ccccc1. The van der Waals surface area contributed by atoms with Gasteiger partial charge in [-0.15, -0.1) is 0 Å². The lowest BCUT2D eigenvalue weighted by Gasteiger charge is -2.22. The second-order valence-electron chi connectivity index (χ2n) is 6.07. The second kappa shape index (κ2) is 6.47. The fourth-order valence-electron chi connectivity index (χ4n) is 3.11. The zero-order chi connectivity index (χ0) is 17.2. The van der Waals surface area contributed by atoms with Crippen LogP contribution in [0, 0.1) is 0 Å². The molecular formula is C19H18N2O4. The summed E-state index contributed by atoms with van der Waals surface area (Å²) >= 11 is 0. The zero-order valence-electron chi connectivity index (χ0n) is 13.6. The molecule has 128 valence electrons. The summed E-state index contributed by atoms with van der Waals surface area (Å²) in [7, 11) is 0. The molecule has 2 amide bonds. The second-order valence-corrected chi connectivity index (χ2v) is 6.07. The van der Waals surface area contributed by atoms with Crippen LogP contribution in [-0.4, -0.2) is 37.6 Å². The topological polar surface area (TPSA) is 67.9 Å². The van der Waals surface area contributed by atoms with Crippen LogP contribution in [0.5, 0.6) is 11.5 Å². The van der Waals surface area contributed by atoms with Gasteiger partial charge in [-0.2, -0.15) is 0 Å². The lowest BCUT2D eigenvalue weighted by Crippen LogP contribution is -2.37. The molecule has 1 unspecified atom stereocenters. The molecule has 4 rings (SSSR count). The van der Waals surface area contributed by atoms with Gasteiger partial charge >= 0.3 is 0 Å². The van der Waals surface area contributed by atoms with Crippen molar-refractivity contribution in [3.63, 3.8) is 0 Å². The Bertz CT molecular complexity index is 806. The number of carbonyl (C=O) groups excluding carboxylic acids is 2. The summed E-state index contributed by atoms with van der Waals surface area (Å²) in [5, 5.41) is 2.93. The molecule has 1 saturated heterocycles. The smallest absolute Gasteiger partial charge is 0.251 e. The van der Waals surface area contributed by atoms with Crippen molar-refractivity contribution in [2.24, 2.45) is 0 Å². The van der Waals surface area contributed by atoms with E-state index < -0.39 is 0 Å². The van der Waals surface area contributed by atoms with Crippen molar-refractivity contribution in [2.75, 3.05) is 24.7 Å². The summed E-state index contributed by atoms with van der Waals surface area (Å²) in [6.45, 7) is 1.47. The summed E-state index contributed by atoms with van der Waals surface area (Å²) in [5.74, 6) is 1.15. The number of rotatable bonds is 3. The van der Waals surface area contributed by atoms with E-state index in [2.05, 4.69) is 5.32 Å². The molecule has 1 N–H and O–H groups in total. The first kappa shape index (κ1) is 15.5. The summed E-state index contributed by atoms with van der Waals surface area (Å²) in [4.78, 5) is 26.3. The molecule has 0 radical (unpaired) electrons. The molecule has 0 aliphatic carbocycles. The molecule has 0 spiro atoms. The van der Waals surface area contributed by atoms with E-state index in [0.717, 1.165) is 5.69 Å². The minimum Gasteiger partial charge on any atom is -0.486 e. The van der Waals surface area contributed by atoms with Crippen molar-refractivity contribution in [1.82, 2.24) is 5.32 Å². The first-order valence-electron chi connectivity index (χ1n) is 8.26. The van der Waals surface area contributed by atoms with Crippen molar-refractivity contribution < 1.29 is 19.1 Å². The van der Waals surface area contributed by atoms with Gasteiger partial charge in [-0.25, -0.2) is 0 Å². The summed E-state index contributed by atoms with van der Waals surface area (Å²) < 4.78 is 11.1. The number of ether oxygens (including phenoxy) is 2. The number of fused-ring (bicyclic) bond motifs is 1. The number of benzene rings is 2. The zero-order valence-corrected chi connectivity index (χ0v) is 13.6. The molecule has 6 heteroatoms. The Morgan fingerprint density at radius 3 is 2.60 bits per heavy atom. The fraction of sp³-hybridized carbons (Fsp3) is 0.263. The molecule has 1 fully saturated rings. The van der Waals surface area contributed by atoms with E-state index in [1.165, 1.54) is 0 Å². The summed E-state index contributed by atoms with van der Waals surface area (Å²) in [6, 6.07) is 14.3. The Morgan fingerprint density at radius 1 is 1.04 bits per heavy atom. The molecule has 2 aliphatic rings. The Hall–Kier alpha value is -3.02. The van der Waals surface area contributed by atoms with Crippen molar-refractivity contribution >= 4 is 17.5 Å². The molecule has 6 nitrogen and oxygen atoms in total. The van der Waals surface area contributed by atoms with Gasteiger partial charge < -0.3 is 19.7 Å². The van der Waals surface area contributed by atoms with Crippen molar-refractivity contribution in [3.05, 3.63) is 54.1 Å². The predicted octanol–water partition coefficient (Wildman–Crippen LogP) is 1.99. The number of amides is 2. The van der Waals surface area contributed by atoms with Gasteiger partial charge in [0, 0.05) is 30.3 Å². The summed E-state index contributed by atoms with van der Waals surface area (Å²) in [5.41, 5.74) is 1.35. The molecule has 1 atom stereocenters. The van der Waals surface area contributed by atoms with Crippen LogP contribution >= 0.6 is 0 Å². The Labute approximate surface area is 145 Å². The van der Waals surface area contributed by atoms with Gasteiger partial charge in [0.1, 0.15) is 13.2 Å². The molecule has 0 saturated carbocycles. The van der Waals surface area contributed by atoms with Crippen LogP contribution in [0.25, 0.3) is 0 Å². The molecule has 25 heavy (non-hydrogen) atoms. The van der Waals surface area contributed by atoms with Gasteiger partial charge in [-0.3, -0.25) is 9.59 Å². The molecule has 0 bridgehead atoms. The lowest BCUT2D eigenvalue weighted by atomic mass is 10.2. The largest absolute Gasteiger partial charge is 0.486 e. The molecule has 2 aromatic carbocycles. The van der Waals surface area contributed by atoms with Crippen molar-refractivity contribution in [1.29, 1.82) is 0 Å². The monoisotopic (exact) mass is 338 g/mol. The minimum atomic E-state index is -0.214. The molecule has 2 aliphatic heterocycles. The fourth-order valence-corrected chi connectivity index (χ4v) is 3.11. The number of hydrogen-bond acceptors (Lipinski definition) is 4.